The van der Waals surface area contributed by atoms with E-state index in [-0.39, 0.29) is 0 Å². The summed E-state index contributed by atoms with van der Waals surface area (Å²) < 4.78 is 0. The van der Waals surface area contributed by atoms with E-state index in [2.05, 4.69) is 40.7 Å². The Labute approximate surface area is 105 Å². The highest BCUT2D eigenvalue weighted by atomic mass is 32.1. The van der Waals surface area contributed by atoms with Crippen LogP contribution in [0.3, 0.4) is 0 Å². The summed E-state index contributed by atoms with van der Waals surface area (Å²) in [5.41, 5.74) is 7.01. The Morgan fingerprint density at radius 2 is 1.81 bits per heavy atom. The Morgan fingerprint density at radius 1 is 1.25 bits per heavy atom. The molecule has 0 bridgehead atoms. The number of hydrogen-bond acceptors (Lipinski definition) is 1. The van der Waals surface area contributed by atoms with Crippen molar-refractivity contribution in [3.05, 3.63) is 33.9 Å². The van der Waals surface area contributed by atoms with Gasteiger partial charge in [0.1, 0.15) is 0 Å². The molecule has 1 atom stereocenters. The molecule has 1 unspecified atom stereocenters. The summed E-state index contributed by atoms with van der Waals surface area (Å²) in [6, 6.07) is 0. The molecule has 0 aromatic carbocycles. The summed E-state index contributed by atoms with van der Waals surface area (Å²) in [5.74, 6) is 0.619. The van der Waals surface area contributed by atoms with Gasteiger partial charge in [-0.1, -0.05) is 30.8 Å². The lowest BCUT2D eigenvalue weighted by molar-refractivity contribution is 0.677. The number of hydrogen-bond donors (Lipinski definition) is 0. The number of thiocarbonyl (C=S) groups is 1. The standard InChI is InChI=1S/C15H22S/c1-9-7-8-10(2)15(11(9)3)13(5)12(4)14(6)16/h7,10H,8H2,1-6H3/b13-12+. The molecule has 0 nitrogen and oxygen atoms in total. The molecule has 0 radical (unpaired) electrons. The first-order valence-electron chi connectivity index (χ1n) is 5.93. The monoisotopic (exact) mass is 234 g/mol. The molecule has 1 aliphatic rings. The lowest BCUT2D eigenvalue weighted by Crippen LogP contribution is -2.10. The van der Waals surface area contributed by atoms with Crippen LogP contribution in [0, 0.1) is 5.92 Å². The van der Waals surface area contributed by atoms with Gasteiger partial charge < -0.3 is 0 Å². The smallest absolute Gasteiger partial charge is 0.0153 e. The summed E-state index contributed by atoms with van der Waals surface area (Å²) in [6.45, 7) is 13.1. The highest BCUT2D eigenvalue weighted by Gasteiger charge is 2.19. The maximum absolute atomic E-state index is 5.28. The predicted molar refractivity (Wildman–Crippen MR) is 76.9 cm³/mol. The van der Waals surface area contributed by atoms with Gasteiger partial charge in [0.15, 0.2) is 0 Å². The van der Waals surface area contributed by atoms with Crippen molar-refractivity contribution >= 4 is 17.1 Å². The molecule has 1 heteroatoms. The Kier molecular flexibility index (Phi) is 4.26. The van der Waals surface area contributed by atoms with E-state index in [1.165, 1.54) is 27.9 Å². The van der Waals surface area contributed by atoms with Gasteiger partial charge in [-0.25, -0.2) is 0 Å². The van der Waals surface area contributed by atoms with Crippen molar-refractivity contribution in [1.82, 2.24) is 0 Å². The topological polar surface area (TPSA) is 0 Å². The van der Waals surface area contributed by atoms with Crippen molar-refractivity contribution in [2.75, 3.05) is 0 Å². The molecule has 0 aliphatic heterocycles. The predicted octanol–water partition coefficient (Wildman–Crippen LogP) is 5.02. The normalized spacial score (nSPS) is 22.9. The van der Waals surface area contributed by atoms with E-state index in [1.54, 1.807) is 0 Å². The maximum atomic E-state index is 5.28. The van der Waals surface area contributed by atoms with E-state index >= 15 is 0 Å². The van der Waals surface area contributed by atoms with Crippen LogP contribution < -0.4 is 0 Å². The van der Waals surface area contributed by atoms with Gasteiger partial charge in [0.2, 0.25) is 0 Å². The van der Waals surface area contributed by atoms with Crippen molar-refractivity contribution in [1.29, 1.82) is 0 Å². The molecule has 0 fully saturated rings. The SMILES string of the molecule is CC(=S)/C(C)=C(\C)C1=C(C)C(C)=CCC1C. The van der Waals surface area contributed by atoms with Gasteiger partial charge in [-0.2, -0.15) is 0 Å². The molecule has 0 N–H and O–H groups in total. The Morgan fingerprint density at radius 3 is 2.31 bits per heavy atom. The molecule has 1 aliphatic carbocycles. The molecule has 1 rings (SSSR count). The largest absolute Gasteiger partial charge is 0.0849 e. The molecule has 0 saturated carbocycles. The lowest BCUT2D eigenvalue weighted by atomic mass is 9.80. The molecule has 16 heavy (non-hydrogen) atoms. The highest BCUT2D eigenvalue weighted by molar-refractivity contribution is 7.80. The maximum Gasteiger partial charge on any atom is 0.0153 e. The van der Waals surface area contributed by atoms with E-state index in [0.29, 0.717) is 5.92 Å². The van der Waals surface area contributed by atoms with Crippen LogP contribution in [-0.4, -0.2) is 4.86 Å². The quantitative estimate of drug-likeness (QED) is 0.478. The number of allylic oxidation sites excluding steroid dienone is 6. The van der Waals surface area contributed by atoms with E-state index in [1.807, 2.05) is 6.92 Å². The second-order valence-corrected chi connectivity index (χ2v) is 5.48. The summed E-state index contributed by atoms with van der Waals surface area (Å²) in [4.78, 5) is 1.01. The third kappa shape index (κ3) is 2.52. The van der Waals surface area contributed by atoms with E-state index in [4.69, 9.17) is 12.2 Å². The molecular weight excluding hydrogens is 212 g/mol. The second kappa shape index (κ2) is 5.09. The van der Waals surface area contributed by atoms with Gasteiger partial charge in [-0.05, 0) is 69.2 Å². The Bertz CT molecular complexity index is 405. The summed E-state index contributed by atoms with van der Waals surface area (Å²) in [5, 5.41) is 0. The van der Waals surface area contributed by atoms with Gasteiger partial charge in [0.05, 0.1) is 0 Å². The van der Waals surface area contributed by atoms with Gasteiger partial charge in [0.25, 0.3) is 0 Å². The first-order chi connectivity index (χ1) is 7.36. The lowest BCUT2D eigenvalue weighted by Gasteiger charge is -2.25. The van der Waals surface area contributed by atoms with Gasteiger partial charge in [-0.15, -0.1) is 0 Å². The fourth-order valence-corrected chi connectivity index (χ4v) is 2.48. The van der Waals surface area contributed by atoms with Crippen molar-refractivity contribution in [2.24, 2.45) is 5.92 Å². The van der Waals surface area contributed by atoms with E-state index in [9.17, 15) is 0 Å². The van der Waals surface area contributed by atoms with Crippen molar-refractivity contribution in [2.45, 2.75) is 48.0 Å². The van der Waals surface area contributed by atoms with Crippen molar-refractivity contribution in [3.8, 4) is 0 Å². The van der Waals surface area contributed by atoms with Gasteiger partial charge in [-0.3, -0.25) is 0 Å². The molecule has 88 valence electrons. The first kappa shape index (κ1) is 13.4. The minimum atomic E-state index is 0.619. The number of rotatable bonds is 2. The van der Waals surface area contributed by atoms with Crippen LogP contribution in [-0.2, 0) is 0 Å². The zero-order valence-corrected chi connectivity index (χ0v) is 12.1. The molecular formula is C15H22S. The van der Waals surface area contributed by atoms with Crippen LogP contribution in [0.2, 0.25) is 0 Å². The van der Waals surface area contributed by atoms with Crippen LogP contribution in [0.1, 0.15) is 48.0 Å². The summed E-state index contributed by atoms with van der Waals surface area (Å²) in [7, 11) is 0. The van der Waals surface area contributed by atoms with E-state index in [0.717, 1.165) is 11.3 Å². The zero-order chi connectivity index (χ0) is 12.5. The summed E-state index contributed by atoms with van der Waals surface area (Å²) >= 11 is 5.28. The van der Waals surface area contributed by atoms with Crippen LogP contribution in [0.25, 0.3) is 0 Å². The molecule has 0 aromatic heterocycles. The van der Waals surface area contributed by atoms with E-state index < -0.39 is 0 Å². The molecule has 0 spiro atoms. The fraction of sp³-hybridized carbons (Fsp3) is 0.533. The van der Waals surface area contributed by atoms with Crippen molar-refractivity contribution in [3.63, 3.8) is 0 Å². The second-order valence-electron chi connectivity index (χ2n) is 4.87. The zero-order valence-electron chi connectivity index (χ0n) is 11.3. The third-order valence-electron chi connectivity index (χ3n) is 3.76. The van der Waals surface area contributed by atoms with Crippen molar-refractivity contribution < 1.29 is 0 Å². The van der Waals surface area contributed by atoms with Gasteiger partial charge in [0, 0.05) is 4.86 Å². The minimum Gasteiger partial charge on any atom is -0.0849 e. The average Bonchev–Trinajstić information content (AvgIpc) is 2.22. The van der Waals surface area contributed by atoms with Crippen LogP contribution in [0.4, 0.5) is 0 Å². The third-order valence-corrected chi connectivity index (χ3v) is 4.07. The van der Waals surface area contributed by atoms with Crippen LogP contribution >= 0.6 is 12.2 Å². The molecule has 0 heterocycles. The average molecular weight is 234 g/mol. The molecule has 0 amide bonds. The molecule has 0 saturated heterocycles. The Hall–Kier alpha value is -0.690. The Balaban J connectivity index is 3.31. The summed E-state index contributed by atoms with van der Waals surface area (Å²) in [6.07, 6.45) is 3.50. The van der Waals surface area contributed by atoms with Crippen LogP contribution in [0.15, 0.2) is 33.9 Å². The van der Waals surface area contributed by atoms with Crippen LogP contribution in [0.5, 0.6) is 0 Å². The first-order valence-corrected chi connectivity index (χ1v) is 6.33. The van der Waals surface area contributed by atoms with Gasteiger partial charge >= 0.3 is 0 Å². The fourth-order valence-electron chi connectivity index (χ4n) is 2.32. The highest BCUT2D eigenvalue weighted by Crippen LogP contribution is 2.35. The molecule has 0 aromatic rings. The minimum absolute atomic E-state index is 0.619.